The van der Waals surface area contributed by atoms with E-state index in [0.29, 0.717) is 5.75 Å². The van der Waals surface area contributed by atoms with Crippen LogP contribution in [-0.2, 0) is 5.92 Å². The molecule has 0 fully saturated rings. The quantitative estimate of drug-likeness (QED) is 0.612. The van der Waals surface area contributed by atoms with Crippen LogP contribution in [0.4, 0.5) is 8.78 Å². The molecule has 0 N–H and O–H groups in total. The zero-order valence-corrected chi connectivity index (χ0v) is 12.7. The number of thiophene rings is 1. The largest absolute Gasteiger partial charge is 0.497 e. The van der Waals surface area contributed by atoms with Gasteiger partial charge in [-0.05, 0) is 29.8 Å². The summed E-state index contributed by atoms with van der Waals surface area (Å²) in [5.74, 6) is -2.61. The maximum Gasteiger partial charge on any atom is 0.307 e. The highest BCUT2D eigenvalue weighted by molar-refractivity contribution is 7.15. The van der Waals surface area contributed by atoms with Gasteiger partial charge in [0.15, 0.2) is 0 Å². The Hall–Kier alpha value is -2.20. The van der Waals surface area contributed by atoms with Crippen LogP contribution in [0.3, 0.4) is 0 Å². The molecule has 0 unspecified atom stereocenters. The Labute approximate surface area is 131 Å². The Kier molecular flexibility index (Phi) is 3.94. The van der Waals surface area contributed by atoms with Gasteiger partial charge in [-0.25, -0.2) is 0 Å². The fourth-order valence-electron chi connectivity index (χ4n) is 2.22. The Balaban J connectivity index is 1.97. The normalized spacial score (nSPS) is 11.4. The molecular weight excluding hydrogens is 302 g/mol. The van der Waals surface area contributed by atoms with Gasteiger partial charge in [0, 0.05) is 10.4 Å². The number of hydrogen-bond donors (Lipinski definition) is 0. The molecule has 0 aliphatic rings. The zero-order valence-electron chi connectivity index (χ0n) is 11.9. The first kappa shape index (κ1) is 14.7. The van der Waals surface area contributed by atoms with Crippen LogP contribution in [0.2, 0.25) is 0 Å². The number of ether oxygens (including phenoxy) is 1. The molecule has 22 heavy (non-hydrogen) atoms. The Morgan fingerprint density at radius 3 is 2.41 bits per heavy atom. The van der Waals surface area contributed by atoms with Crippen LogP contribution < -0.4 is 4.74 Å². The summed E-state index contributed by atoms with van der Waals surface area (Å²) in [6.07, 6.45) is 0. The molecule has 0 atom stereocenters. The Morgan fingerprint density at radius 2 is 1.68 bits per heavy atom. The van der Waals surface area contributed by atoms with Crippen LogP contribution in [0, 0.1) is 0 Å². The van der Waals surface area contributed by atoms with Crippen molar-refractivity contribution in [2.45, 2.75) is 5.92 Å². The lowest BCUT2D eigenvalue weighted by Crippen LogP contribution is -2.13. The number of benzene rings is 2. The molecule has 0 amide bonds. The highest BCUT2D eigenvalue weighted by atomic mass is 32.1. The van der Waals surface area contributed by atoms with Crippen molar-refractivity contribution in [3.63, 3.8) is 0 Å². The van der Waals surface area contributed by atoms with Crippen LogP contribution in [0.25, 0.3) is 10.4 Å². The average molecular weight is 316 g/mol. The number of rotatable bonds is 4. The van der Waals surface area contributed by atoms with Crippen LogP contribution >= 0.6 is 11.3 Å². The molecule has 0 radical (unpaired) electrons. The number of alkyl halides is 2. The van der Waals surface area contributed by atoms with Gasteiger partial charge in [0.05, 0.1) is 12.0 Å². The topological polar surface area (TPSA) is 9.23 Å². The van der Waals surface area contributed by atoms with E-state index in [0.717, 1.165) is 21.8 Å². The summed E-state index contributed by atoms with van der Waals surface area (Å²) in [6, 6.07) is 18.8. The van der Waals surface area contributed by atoms with Crippen molar-refractivity contribution in [2.24, 2.45) is 0 Å². The van der Waals surface area contributed by atoms with Crippen molar-refractivity contribution >= 4 is 11.3 Å². The number of halogens is 2. The van der Waals surface area contributed by atoms with Crippen molar-refractivity contribution in [2.75, 3.05) is 7.11 Å². The van der Waals surface area contributed by atoms with E-state index in [1.807, 2.05) is 30.3 Å². The van der Waals surface area contributed by atoms with Crippen molar-refractivity contribution in [3.8, 4) is 16.2 Å². The van der Waals surface area contributed by atoms with Gasteiger partial charge in [0.25, 0.3) is 0 Å². The molecule has 3 rings (SSSR count). The smallest absolute Gasteiger partial charge is 0.307 e. The third-order valence-corrected chi connectivity index (χ3v) is 4.61. The average Bonchev–Trinajstić information content (AvgIpc) is 3.06. The fraction of sp³-hybridized carbons (Fsp3) is 0.111. The van der Waals surface area contributed by atoms with Gasteiger partial charge in [-0.15, -0.1) is 11.3 Å². The van der Waals surface area contributed by atoms with Crippen molar-refractivity contribution in [1.82, 2.24) is 0 Å². The van der Waals surface area contributed by atoms with Crippen LogP contribution in [0.1, 0.15) is 10.4 Å². The van der Waals surface area contributed by atoms with Gasteiger partial charge in [-0.3, -0.25) is 0 Å². The molecule has 112 valence electrons. The van der Waals surface area contributed by atoms with Crippen molar-refractivity contribution < 1.29 is 13.5 Å². The molecule has 1 nitrogen and oxygen atoms in total. The van der Waals surface area contributed by atoms with E-state index in [-0.39, 0.29) is 10.4 Å². The molecule has 1 aromatic heterocycles. The molecule has 4 heteroatoms. The summed E-state index contributed by atoms with van der Waals surface area (Å²) in [4.78, 5) is 0.859. The standard InChI is InChI=1S/C18H14F2OS/c1-21-15-9-5-8-14(12-15)18(19,20)17-11-10-16(22-17)13-6-3-2-4-7-13/h2-12H,1H3. The maximum absolute atomic E-state index is 14.7. The third kappa shape index (κ3) is 2.74. The SMILES string of the molecule is COc1cccc(C(F)(F)c2ccc(-c3ccccc3)s2)c1. The Morgan fingerprint density at radius 1 is 0.909 bits per heavy atom. The van der Waals surface area contributed by atoms with Crippen LogP contribution in [0.15, 0.2) is 66.7 Å². The summed E-state index contributed by atoms with van der Waals surface area (Å²) < 4.78 is 34.4. The molecule has 0 bridgehead atoms. The fourth-order valence-corrected chi connectivity index (χ4v) is 3.23. The predicted octanol–water partition coefficient (Wildman–Crippen LogP) is 5.56. The summed E-state index contributed by atoms with van der Waals surface area (Å²) in [6.45, 7) is 0. The third-order valence-electron chi connectivity index (χ3n) is 3.41. The number of hydrogen-bond acceptors (Lipinski definition) is 2. The first-order chi connectivity index (χ1) is 10.6. The monoisotopic (exact) mass is 316 g/mol. The minimum atomic E-state index is -3.04. The van der Waals surface area contributed by atoms with E-state index in [9.17, 15) is 8.78 Å². The lowest BCUT2D eigenvalue weighted by molar-refractivity contribution is 0.0467. The van der Waals surface area contributed by atoms with Gasteiger partial charge in [-0.2, -0.15) is 8.78 Å². The summed E-state index contributed by atoms with van der Waals surface area (Å²) >= 11 is 1.11. The number of methoxy groups -OCH3 is 1. The summed E-state index contributed by atoms with van der Waals surface area (Å²) in [5.41, 5.74) is 0.883. The molecule has 0 aliphatic heterocycles. The molecule has 0 saturated heterocycles. The zero-order chi connectivity index (χ0) is 15.6. The van der Waals surface area contributed by atoms with E-state index in [1.165, 1.54) is 25.3 Å². The summed E-state index contributed by atoms with van der Waals surface area (Å²) in [7, 11) is 1.47. The van der Waals surface area contributed by atoms with Gasteiger partial charge in [0.1, 0.15) is 5.75 Å². The highest BCUT2D eigenvalue weighted by Crippen LogP contribution is 2.42. The molecule has 2 aromatic carbocycles. The molecule has 0 aliphatic carbocycles. The van der Waals surface area contributed by atoms with E-state index in [1.54, 1.807) is 18.2 Å². The molecule has 3 aromatic rings. The lowest BCUT2D eigenvalue weighted by Gasteiger charge is -2.15. The molecule has 0 spiro atoms. The van der Waals surface area contributed by atoms with Gasteiger partial charge < -0.3 is 4.74 Å². The van der Waals surface area contributed by atoms with E-state index in [4.69, 9.17) is 4.74 Å². The molecule has 0 saturated carbocycles. The summed E-state index contributed by atoms with van der Waals surface area (Å²) in [5, 5.41) is 0. The Bertz CT molecular complexity index is 766. The second kappa shape index (κ2) is 5.89. The van der Waals surface area contributed by atoms with Gasteiger partial charge in [0.2, 0.25) is 0 Å². The lowest BCUT2D eigenvalue weighted by atomic mass is 10.1. The van der Waals surface area contributed by atoms with E-state index < -0.39 is 5.92 Å². The minimum Gasteiger partial charge on any atom is -0.497 e. The van der Waals surface area contributed by atoms with Crippen LogP contribution in [-0.4, -0.2) is 7.11 Å². The second-order valence-corrected chi connectivity index (χ2v) is 5.92. The minimum absolute atomic E-state index is 0.0274. The van der Waals surface area contributed by atoms with E-state index in [2.05, 4.69) is 0 Å². The van der Waals surface area contributed by atoms with Crippen LogP contribution in [0.5, 0.6) is 5.75 Å². The first-order valence-electron chi connectivity index (χ1n) is 6.79. The predicted molar refractivity (Wildman–Crippen MR) is 85.7 cm³/mol. The molecule has 1 heterocycles. The second-order valence-electron chi connectivity index (χ2n) is 4.84. The maximum atomic E-state index is 14.7. The van der Waals surface area contributed by atoms with Gasteiger partial charge >= 0.3 is 5.92 Å². The van der Waals surface area contributed by atoms with E-state index >= 15 is 0 Å². The first-order valence-corrected chi connectivity index (χ1v) is 7.61. The van der Waals surface area contributed by atoms with Crippen molar-refractivity contribution in [3.05, 3.63) is 77.2 Å². The highest BCUT2D eigenvalue weighted by Gasteiger charge is 2.36. The van der Waals surface area contributed by atoms with Gasteiger partial charge in [-0.1, -0.05) is 42.5 Å². The van der Waals surface area contributed by atoms with Crippen molar-refractivity contribution in [1.29, 1.82) is 0 Å². The molecular formula is C18H14F2OS.